The van der Waals surface area contributed by atoms with E-state index in [0.717, 1.165) is 17.0 Å². The van der Waals surface area contributed by atoms with Crippen molar-refractivity contribution < 1.29 is 9.13 Å². The van der Waals surface area contributed by atoms with Gasteiger partial charge in [-0.1, -0.05) is 30.3 Å². The molecular formula is C21H16FN3O. The standard InChI is InChI=1S/C21H16FN3O/c22-16-6-11-20-19(12-16)21(24-14-23-20)25-17-7-9-18(10-8-17)26-13-15-4-2-1-3-5-15/h1-12,14H,13H2,(H,23,24,25). The maximum absolute atomic E-state index is 13.5. The largest absolute Gasteiger partial charge is 0.489 e. The molecule has 26 heavy (non-hydrogen) atoms. The maximum Gasteiger partial charge on any atom is 0.141 e. The molecule has 4 aromatic rings. The fourth-order valence-electron chi connectivity index (χ4n) is 2.64. The second kappa shape index (κ2) is 7.19. The summed E-state index contributed by atoms with van der Waals surface area (Å²) in [5.41, 5.74) is 2.64. The Kier molecular flexibility index (Phi) is 4.43. The summed E-state index contributed by atoms with van der Waals surface area (Å²) in [6, 6.07) is 22.0. The van der Waals surface area contributed by atoms with E-state index in [9.17, 15) is 4.39 Å². The monoisotopic (exact) mass is 345 g/mol. The molecule has 1 N–H and O–H groups in total. The Hall–Kier alpha value is -3.47. The van der Waals surface area contributed by atoms with Crippen molar-refractivity contribution in [3.63, 3.8) is 0 Å². The second-order valence-corrected chi connectivity index (χ2v) is 5.81. The van der Waals surface area contributed by atoms with Gasteiger partial charge in [-0.25, -0.2) is 14.4 Å². The number of halogens is 1. The number of rotatable bonds is 5. The molecule has 0 aliphatic heterocycles. The molecule has 0 amide bonds. The van der Waals surface area contributed by atoms with E-state index >= 15 is 0 Å². The van der Waals surface area contributed by atoms with Crippen molar-refractivity contribution in [2.45, 2.75) is 6.61 Å². The van der Waals surface area contributed by atoms with Crippen LogP contribution in [0.4, 0.5) is 15.9 Å². The van der Waals surface area contributed by atoms with Crippen molar-refractivity contribution in [3.8, 4) is 5.75 Å². The van der Waals surface area contributed by atoms with Crippen LogP contribution in [-0.4, -0.2) is 9.97 Å². The molecule has 0 fully saturated rings. The lowest BCUT2D eigenvalue weighted by atomic mass is 10.2. The lowest BCUT2D eigenvalue weighted by Crippen LogP contribution is -1.97. The minimum Gasteiger partial charge on any atom is -0.489 e. The molecule has 0 aliphatic rings. The van der Waals surface area contributed by atoms with E-state index in [0.29, 0.717) is 23.3 Å². The van der Waals surface area contributed by atoms with E-state index in [-0.39, 0.29) is 5.82 Å². The zero-order chi connectivity index (χ0) is 17.8. The summed E-state index contributed by atoms with van der Waals surface area (Å²) in [6.07, 6.45) is 1.46. The molecule has 0 saturated heterocycles. The third-order valence-electron chi connectivity index (χ3n) is 3.96. The van der Waals surface area contributed by atoms with Gasteiger partial charge in [-0.05, 0) is 48.0 Å². The van der Waals surface area contributed by atoms with E-state index in [1.807, 2.05) is 54.6 Å². The highest BCUT2D eigenvalue weighted by Crippen LogP contribution is 2.25. The Balaban J connectivity index is 1.49. The van der Waals surface area contributed by atoms with Crippen LogP contribution in [0.15, 0.2) is 79.1 Å². The maximum atomic E-state index is 13.5. The van der Waals surface area contributed by atoms with Crippen LogP contribution in [0.2, 0.25) is 0 Å². The van der Waals surface area contributed by atoms with Gasteiger partial charge in [0.25, 0.3) is 0 Å². The zero-order valence-corrected chi connectivity index (χ0v) is 13.9. The third-order valence-corrected chi connectivity index (χ3v) is 3.96. The van der Waals surface area contributed by atoms with Gasteiger partial charge in [-0.15, -0.1) is 0 Å². The van der Waals surface area contributed by atoms with Gasteiger partial charge in [0.2, 0.25) is 0 Å². The fourth-order valence-corrected chi connectivity index (χ4v) is 2.64. The summed E-state index contributed by atoms with van der Waals surface area (Å²) >= 11 is 0. The minimum absolute atomic E-state index is 0.319. The zero-order valence-electron chi connectivity index (χ0n) is 13.9. The summed E-state index contributed by atoms with van der Waals surface area (Å²) in [4.78, 5) is 8.38. The molecule has 0 spiro atoms. The van der Waals surface area contributed by atoms with Crippen molar-refractivity contribution in [2.75, 3.05) is 5.32 Å². The third kappa shape index (κ3) is 3.62. The average Bonchev–Trinajstić information content (AvgIpc) is 2.69. The predicted octanol–water partition coefficient (Wildman–Crippen LogP) is 5.09. The SMILES string of the molecule is Fc1ccc2ncnc(Nc3ccc(OCc4ccccc4)cc3)c2c1. The van der Waals surface area contributed by atoms with Gasteiger partial charge < -0.3 is 10.1 Å². The summed E-state index contributed by atoms with van der Waals surface area (Å²) in [7, 11) is 0. The average molecular weight is 345 g/mol. The minimum atomic E-state index is -0.319. The summed E-state index contributed by atoms with van der Waals surface area (Å²) in [6.45, 7) is 0.517. The lowest BCUT2D eigenvalue weighted by molar-refractivity contribution is 0.306. The number of hydrogen-bond donors (Lipinski definition) is 1. The van der Waals surface area contributed by atoms with Crippen molar-refractivity contribution in [1.82, 2.24) is 9.97 Å². The highest BCUT2D eigenvalue weighted by atomic mass is 19.1. The molecule has 128 valence electrons. The molecule has 0 saturated carbocycles. The summed E-state index contributed by atoms with van der Waals surface area (Å²) in [5.74, 6) is 1.02. The van der Waals surface area contributed by atoms with Gasteiger partial charge in [0.1, 0.15) is 30.3 Å². The molecular weight excluding hydrogens is 329 g/mol. The van der Waals surface area contributed by atoms with Crippen molar-refractivity contribution in [3.05, 3.63) is 90.5 Å². The number of nitrogens with one attached hydrogen (secondary N) is 1. The Morgan fingerprint density at radius 1 is 0.885 bits per heavy atom. The highest BCUT2D eigenvalue weighted by molar-refractivity contribution is 5.90. The number of ether oxygens (including phenoxy) is 1. The van der Waals surface area contributed by atoms with Gasteiger partial charge in [-0.2, -0.15) is 0 Å². The number of nitrogens with zero attached hydrogens (tertiary/aromatic N) is 2. The van der Waals surface area contributed by atoms with E-state index in [2.05, 4.69) is 15.3 Å². The van der Waals surface area contributed by atoms with E-state index in [4.69, 9.17) is 4.74 Å². The van der Waals surface area contributed by atoms with E-state index in [1.54, 1.807) is 6.07 Å². The number of benzene rings is 3. The van der Waals surface area contributed by atoms with Crippen LogP contribution in [0, 0.1) is 5.82 Å². The number of anilines is 2. The first-order chi connectivity index (χ1) is 12.8. The van der Waals surface area contributed by atoms with Crippen molar-refractivity contribution in [1.29, 1.82) is 0 Å². The molecule has 0 bridgehead atoms. The number of aromatic nitrogens is 2. The van der Waals surface area contributed by atoms with Gasteiger partial charge in [-0.3, -0.25) is 0 Å². The van der Waals surface area contributed by atoms with Crippen LogP contribution in [-0.2, 0) is 6.61 Å². The van der Waals surface area contributed by atoms with Gasteiger partial charge in [0.05, 0.1) is 5.52 Å². The Bertz CT molecular complexity index is 1020. The van der Waals surface area contributed by atoms with Crippen LogP contribution in [0.25, 0.3) is 10.9 Å². The molecule has 4 rings (SSSR count). The van der Waals surface area contributed by atoms with Crippen molar-refractivity contribution in [2.24, 2.45) is 0 Å². The molecule has 1 aromatic heterocycles. The first-order valence-corrected chi connectivity index (χ1v) is 8.22. The Morgan fingerprint density at radius 2 is 1.69 bits per heavy atom. The number of hydrogen-bond acceptors (Lipinski definition) is 4. The first kappa shape index (κ1) is 16.0. The van der Waals surface area contributed by atoms with E-state index in [1.165, 1.54) is 18.5 Å². The topological polar surface area (TPSA) is 47.0 Å². The molecule has 3 aromatic carbocycles. The molecule has 0 atom stereocenters. The summed E-state index contributed by atoms with van der Waals surface area (Å²) < 4.78 is 19.3. The van der Waals surface area contributed by atoms with Gasteiger partial charge in [0.15, 0.2) is 0 Å². The Morgan fingerprint density at radius 3 is 2.50 bits per heavy atom. The van der Waals surface area contributed by atoms with Crippen molar-refractivity contribution >= 4 is 22.4 Å². The molecule has 1 heterocycles. The van der Waals surface area contributed by atoms with Crippen LogP contribution >= 0.6 is 0 Å². The lowest BCUT2D eigenvalue weighted by Gasteiger charge is -2.10. The van der Waals surface area contributed by atoms with Crippen LogP contribution in [0.3, 0.4) is 0 Å². The number of fused-ring (bicyclic) bond motifs is 1. The molecule has 0 radical (unpaired) electrons. The molecule has 4 nitrogen and oxygen atoms in total. The molecule has 5 heteroatoms. The van der Waals surface area contributed by atoms with E-state index < -0.39 is 0 Å². The van der Waals surface area contributed by atoms with Crippen LogP contribution in [0.1, 0.15) is 5.56 Å². The molecule has 0 aliphatic carbocycles. The van der Waals surface area contributed by atoms with Crippen LogP contribution < -0.4 is 10.1 Å². The fraction of sp³-hybridized carbons (Fsp3) is 0.0476. The molecule has 0 unspecified atom stereocenters. The first-order valence-electron chi connectivity index (χ1n) is 8.22. The normalized spacial score (nSPS) is 10.7. The second-order valence-electron chi connectivity index (χ2n) is 5.81. The highest BCUT2D eigenvalue weighted by Gasteiger charge is 2.06. The van der Waals surface area contributed by atoms with Gasteiger partial charge in [0, 0.05) is 11.1 Å². The Labute approximate surface area is 150 Å². The van der Waals surface area contributed by atoms with Gasteiger partial charge >= 0.3 is 0 Å². The van der Waals surface area contributed by atoms with Crippen LogP contribution in [0.5, 0.6) is 5.75 Å². The smallest absolute Gasteiger partial charge is 0.141 e. The summed E-state index contributed by atoms with van der Waals surface area (Å²) in [5, 5.41) is 3.84. The quantitative estimate of drug-likeness (QED) is 0.547. The predicted molar refractivity (Wildman–Crippen MR) is 100.0 cm³/mol.